The number of carbonyl (C=O) groups is 1. The van der Waals surface area contributed by atoms with E-state index < -0.39 is 15.1 Å². The summed E-state index contributed by atoms with van der Waals surface area (Å²) in [5, 5.41) is 0.300. The van der Waals surface area contributed by atoms with Crippen LogP contribution in [-0.4, -0.2) is 47.5 Å². The molecule has 7 heteroatoms. The van der Waals surface area contributed by atoms with E-state index in [0.717, 1.165) is 42.4 Å². The summed E-state index contributed by atoms with van der Waals surface area (Å²) in [5.74, 6) is 0.499. The van der Waals surface area contributed by atoms with Gasteiger partial charge in [-0.2, -0.15) is 0 Å². The molecule has 1 aliphatic rings. The molecule has 6 nitrogen and oxygen atoms in total. The minimum absolute atomic E-state index is 0.0140. The number of H-pyrrole nitrogens is 1. The summed E-state index contributed by atoms with van der Waals surface area (Å²) in [6, 6.07) is 19.3. The zero-order valence-electron chi connectivity index (χ0n) is 19.9. The van der Waals surface area contributed by atoms with E-state index in [1.165, 1.54) is 5.56 Å². The number of aromatic amines is 1. The molecule has 35 heavy (non-hydrogen) atoms. The Hall–Kier alpha value is -3.45. The zero-order chi connectivity index (χ0) is 24.6. The number of hydrogen-bond donors (Lipinski definition) is 1. The first-order chi connectivity index (χ1) is 16.8. The molecule has 1 fully saturated rings. The van der Waals surface area contributed by atoms with Gasteiger partial charge in [0.1, 0.15) is 5.65 Å². The quantitative estimate of drug-likeness (QED) is 0.407. The lowest BCUT2D eigenvalue weighted by atomic mass is 9.89. The van der Waals surface area contributed by atoms with Crippen LogP contribution < -0.4 is 0 Å². The molecule has 0 aliphatic carbocycles. The third-order valence-electron chi connectivity index (χ3n) is 6.95. The summed E-state index contributed by atoms with van der Waals surface area (Å²) in [4.78, 5) is 23.3. The Bertz CT molecular complexity index is 1450. The molecule has 0 saturated carbocycles. The maximum Gasteiger partial charge on any atom is 0.256 e. The minimum Gasteiger partial charge on any atom is -0.345 e. The van der Waals surface area contributed by atoms with E-state index in [0.29, 0.717) is 22.0 Å². The number of piperidine rings is 1. The Morgan fingerprint density at radius 3 is 2.34 bits per heavy atom. The van der Waals surface area contributed by atoms with Crippen molar-refractivity contribution in [1.82, 2.24) is 14.9 Å². The van der Waals surface area contributed by atoms with Gasteiger partial charge in [-0.3, -0.25) is 4.79 Å². The molecule has 1 saturated heterocycles. The summed E-state index contributed by atoms with van der Waals surface area (Å²) < 4.78 is 24.9. The van der Waals surface area contributed by atoms with Crippen LogP contribution in [0, 0.1) is 0 Å². The second-order valence-corrected chi connectivity index (χ2v) is 11.9. The number of nitrogens with one attached hydrogen (secondary N) is 1. The maximum absolute atomic E-state index is 13.4. The Morgan fingerprint density at radius 1 is 1.00 bits per heavy atom. The van der Waals surface area contributed by atoms with Gasteiger partial charge in [0.2, 0.25) is 0 Å². The molecule has 180 valence electrons. The number of benzene rings is 2. The number of sulfone groups is 1. The summed E-state index contributed by atoms with van der Waals surface area (Å²) in [7, 11) is -3.32. The highest BCUT2D eigenvalue weighted by molar-refractivity contribution is 7.92. The molecular formula is C28H29N3O3S. The van der Waals surface area contributed by atoms with Crippen molar-refractivity contribution in [1.29, 1.82) is 0 Å². The van der Waals surface area contributed by atoms with Crippen LogP contribution in [0.15, 0.2) is 78.0 Å². The number of fused-ring (bicyclic) bond motifs is 1. The Balaban J connectivity index is 1.37. The van der Waals surface area contributed by atoms with Crippen LogP contribution in [0.4, 0.5) is 0 Å². The highest BCUT2D eigenvalue weighted by Crippen LogP contribution is 2.31. The summed E-state index contributed by atoms with van der Waals surface area (Å²) >= 11 is 0. The third kappa shape index (κ3) is 4.48. The summed E-state index contributed by atoms with van der Waals surface area (Å²) in [6.45, 7) is 4.80. The SMILES string of the molecule is CC(C)S(=O)(=O)c1ccc(-c2cnc3[nH]cc(C(=O)N4CCC(c5ccccc5)CC4)c3c2)cc1. The second kappa shape index (κ2) is 9.30. The van der Waals surface area contributed by atoms with Crippen molar-refractivity contribution < 1.29 is 13.2 Å². The number of amides is 1. The van der Waals surface area contributed by atoms with E-state index in [-0.39, 0.29) is 5.91 Å². The van der Waals surface area contributed by atoms with Gasteiger partial charge in [-0.15, -0.1) is 0 Å². The average Bonchev–Trinajstić information content (AvgIpc) is 3.32. The number of aromatic nitrogens is 2. The van der Waals surface area contributed by atoms with Crippen LogP contribution in [-0.2, 0) is 9.84 Å². The Labute approximate surface area is 205 Å². The Morgan fingerprint density at radius 2 is 1.69 bits per heavy atom. The first kappa shape index (κ1) is 23.3. The van der Waals surface area contributed by atoms with Gasteiger partial charge in [-0.25, -0.2) is 13.4 Å². The second-order valence-electron chi connectivity index (χ2n) is 9.42. The summed E-state index contributed by atoms with van der Waals surface area (Å²) in [6.07, 6.45) is 5.39. The molecule has 0 bridgehead atoms. The van der Waals surface area contributed by atoms with Crippen LogP contribution in [0.1, 0.15) is 48.5 Å². The molecule has 5 rings (SSSR count). The van der Waals surface area contributed by atoms with E-state index >= 15 is 0 Å². The van der Waals surface area contributed by atoms with Gasteiger partial charge in [-0.05, 0) is 61.9 Å². The molecule has 4 aromatic rings. The largest absolute Gasteiger partial charge is 0.345 e. The van der Waals surface area contributed by atoms with Gasteiger partial charge in [0.25, 0.3) is 5.91 Å². The molecule has 0 radical (unpaired) electrons. The van der Waals surface area contributed by atoms with Gasteiger partial charge >= 0.3 is 0 Å². The van der Waals surface area contributed by atoms with Crippen molar-refractivity contribution in [3.8, 4) is 11.1 Å². The average molecular weight is 488 g/mol. The van der Waals surface area contributed by atoms with E-state index in [9.17, 15) is 13.2 Å². The van der Waals surface area contributed by atoms with Crippen LogP contribution in [0.25, 0.3) is 22.2 Å². The topological polar surface area (TPSA) is 83.1 Å². The molecular weight excluding hydrogens is 458 g/mol. The van der Waals surface area contributed by atoms with E-state index in [4.69, 9.17) is 0 Å². The van der Waals surface area contributed by atoms with Gasteiger partial charge in [-0.1, -0.05) is 42.5 Å². The van der Waals surface area contributed by atoms with Gasteiger partial charge in [0.05, 0.1) is 15.7 Å². The highest BCUT2D eigenvalue weighted by Gasteiger charge is 2.26. The molecule has 2 aromatic heterocycles. The fourth-order valence-electron chi connectivity index (χ4n) is 4.76. The fraction of sp³-hybridized carbons (Fsp3) is 0.286. The van der Waals surface area contributed by atoms with Crippen molar-refractivity contribution in [3.05, 3.63) is 84.2 Å². The van der Waals surface area contributed by atoms with Crippen LogP contribution in [0.2, 0.25) is 0 Å². The third-order valence-corrected chi connectivity index (χ3v) is 9.12. The lowest BCUT2D eigenvalue weighted by molar-refractivity contribution is 0.0715. The fourth-order valence-corrected chi connectivity index (χ4v) is 5.82. The van der Waals surface area contributed by atoms with Gasteiger partial charge in [0, 0.05) is 36.4 Å². The molecule has 0 spiro atoms. The number of likely N-dealkylation sites (tertiary alicyclic amines) is 1. The standard InChI is InChI=1S/C28H29N3O3S/c1-19(2)35(33,34)24-10-8-21(9-11-24)23-16-25-26(18-30-27(25)29-17-23)28(32)31-14-12-22(13-15-31)20-6-4-3-5-7-20/h3-11,16-19,22H,12-15H2,1-2H3,(H,29,30). The Kier molecular flexibility index (Phi) is 6.19. The zero-order valence-corrected chi connectivity index (χ0v) is 20.8. The van der Waals surface area contributed by atoms with Crippen LogP contribution >= 0.6 is 0 Å². The summed E-state index contributed by atoms with van der Waals surface area (Å²) in [5.41, 5.74) is 4.31. The normalized spacial score (nSPS) is 15.1. The van der Waals surface area contributed by atoms with E-state index in [2.05, 4.69) is 34.2 Å². The van der Waals surface area contributed by atoms with Crippen molar-refractivity contribution in [2.75, 3.05) is 13.1 Å². The molecule has 1 aliphatic heterocycles. The molecule has 1 amide bonds. The number of pyridine rings is 1. The lowest BCUT2D eigenvalue weighted by Gasteiger charge is -2.32. The van der Waals surface area contributed by atoms with Crippen molar-refractivity contribution in [3.63, 3.8) is 0 Å². The highest BCUT2D eigenvalue weighted by atomic mass is 32.2. The van der Waals surface area contributed by atoms with Crippen LogP contribution in [0.3, 0.4) is 0 Å². The molecule has 1 N–H and O–H groups in total. The number of carbonyl (C=O) groups excluding carboxylic acids is 1. The monoisotopic (exact) mass is 487 g/mol. The predicted octanol–water partition coefficient (Wildman–Crippen LogP) is 5.43. The van der Waals surface area contributed by atoms with Gasteiger partial charge in [0.15, 0.2) is 9.84 Å². The molecule has 3 heterocycles. The molecule has 0 unspecified atom stereocenters. The lowest BCUT2D eigenvalue weighted by Crippen LogP contribution is -2.37. The first-order valence-electron chi connectivity index (χ1n) is 12.0. The van der Waals surface area contributed by atoms with Crippen LogP contribution in [0.5, 0.6) is 0 Å². The van der Waals surface area contributed by atoms with E-state index in [1.807, 2.05) is 17.0 Å². The molecule has 0 atom stereocenters. The smallest absolute Gasteiger partial charge is 0.256 e. The van der Waals surface area contributed by atoms with Crippen molar-refractivity contribution in [2.24, 2.45) is 0 Å². The number of nitrogens with zero attached hydrogens (tertiary/aromatic N) is 2. The number of rotatable bonds is 5. The first-order valence-corrected chi connectivity index (χ1v) is 13.5. The molecule has 2 aromatic carbocycles. The minimum atomic E-state index is -3.32. The van der Waals surface area contributed by atoms with Gasteiger partial charge < -0.3 is 9.88 Å². The van der Waals surface area contributed by atoms with Crippen molar-refractivity contribution in [2.45, 2.75) is 42.8 Å². The number of hydrogen-bond acceptors (Lipinski definition) is 4. The van der Waals surface area contributed by atoms with Crippen molar-refractivity contribution >= 4 is 26.8 Å². The predicted molar refractivity (Wildman–Crippen MR) is 138 cm³/mol. The maximum atomic E-state index is 13.4. The van der Waals surface area contributed by atoms with E-state index in [1.54, 1.807) is 50.5 Å².